The molecule has 0 aliphatic carbocycles. The molecule has 1 N–H and O–H groups in total. The molecule has 92 valence electrons. The number of sulfonamides is 1. The van der Waals surface area contributed by atoms with Crippen molar-refractivity contribution < 1.29 is 8.42 Å². The van der Waals surface area contributed by atoms with Gasteiger partial charge < -0.3 is 0 Å². The van der Waals surface area contributed by atoms with Gasteiger partial charge in [-0.3, -0.25) is 0 Å². The molecule has 5 heteroatoms. The SMILES string of the molecule is CCCCNS(=O)(=O)c1ccc(C#N)cc1C. The van der Waals surface area contributed by atoms with Gasteiger partial charge in [0.2, 0.25) is 10.0 Å². The minimum Gasteiger partial charge on any atom is -0.211 e. The summed E-state index contributed by atoms with van der Waals surface area (Å²) in [5.74, 6) is 0. The van der Waals surface area contributed by atoms with Crippen LogP contribution in [0.5, 0.6) is 0 Å². The minimum atomic E-state index is -3.45. The highest BCUT2D eigenvalue weighted by molar-refractivity contribution is 7.89. The van der Waals surface area contributed by atoms with E-state index in [1.807, 2.05) is 13.0 Å². The Hall–Kier alpha value is -1.38. The van der Waals surface area contributed by atoms with E-state index in [4.69, 9.17) is 5.26 Å². The third-order valence-corrected chi connectivity index (χ3v) is 4.04. The smallest absolute Gasteiger partial charge is 0.211 e. The Kier molecular flexibility index (Phi) is 4.67. The van der Waals surface area contributed by atoms with Crippen molar-refractivity contribution >= 4 is 10.0 Å². The summed E-state index contributed by atoms with van der Waals surface area (Å²) in [6.07, 6.45) is 1.75. The van der Waals surface area contributed by atoms with Crippen molar-refractivity contribution in [2.45, 2.75) is 31.6 Å². The lowest BCUT2D eigenvalue weighted by Gasteiger charge is -2.08. The van der Waals surface area contributed by atoms with Crippen LogP contribution in [0.3, 0.4) is 0 Å². The zero-order chi connectivity index (χ0) is 12.9. The number of unbranched alkanes of at least 4 members (excludes halogenated alkanes) is 1. The predicted octanol–water partition coefficient (Wildman–Crippen LogP) is 1.95. The maximum Gasteiger partial charge on any atom is 0.240 e. The van der Waals surface area contributed by atoms with Crippen LogP contribution in [0.15, 0.2) is 23.1 Å². The largest absolute Gasteiger partial charge is 0.240 e. The first-order valence-corrected chi connectivity index (χ1v) is 7.00. The second-order valence-corrected chi connectivity index (χ2v) is 5.58. The zero-order valence-corrected chi connectivity index (χ0v) is 10.8. The van der Waals surface area contributed by atoms with Gasteiger partial charge in [-0.05, 0) is 37.1 Å². The average molecular weight is 252 g/mol. The number of nitriles is 1. The summed E-state index contributed by atoms with van der Waals surface area (Å²) in [6.45, 7) is 4.13. The van der Waals surface area contributed by atoms with Crippen molar-refractivity contribution in [1.29, 1.82) is 5.26 Å². The molecule has 0 amide bonds. The van der Waals surface area contributed by atoms with Crippen LogP contribution in [0.1, 0.15) is 30.9 Å². The van der Waals surface area contributed by atoms with E-state index in [0.717, 1.165) is 12.8 Å². The number of benzene rings is 1. The fraction of sp³-hybridized carbons (Fsp3) is 0.417. The van der Waals surface area contributed by atoms with Crippen molar-refractivity contribution in [2.24, 2.45) is 0 Å². The number of hydrogen-bond acceptors (Lipinski definition) is 3. The fourth-order valence-electron chi connectivity index (χ4n) is 1.48. The van der Waals surface area contributed by atoms with Crippen LogP contribution in [0.4, 0.5) is 0 Å². The molecule has 0 heterocycles. The molecule has 0 fully saturated rings. The number of nitrogens with one attached hydrogen (secondary N) is 1. The number of rotatable bonds is 5. The molecule has 0 aliphatic heterocycles. The molecule has 17 heavy (non-hydrogen) atoms. The Morgan fingerprint density at radius 1 is 1.41 bits per heavy atom. The average Bonchev–Trinajstić information content (AvgIpc) is 2.28. The van der Waals surface area contributed by atoms with E-state index in [0.29, 0.717) is 17.7 Å². The van der Waals surface area contributed by atoms with E-state index in [2.05, 4.69) is 4.72 Å². The van der Waals surface area contributed by atoms with Gasteiger partial charge in [-0.25, -0.2) is 13.1 Å². The van der Waals surface area contributed by atoms with E-state index >= 15 is 0 Å². The van der Waals surface area contributed by atoms with Gasteiger partial charge >= 0.3 is 0 Å². The summed E-state index contributed by atoms with van der Waals surface area (Å²) in [7, 11) is -3.45. The molecule has 0 aliphatic rings. The summed E-state index contributed by atoms with van der Waals surface area (Å²) in [5.41, 5.74) is 1.06. The first-order valence-electron chi connectivity index (χ1n) is 5.51. The number of hydrogen-bond donors (Lipinski definition) is 1. The molecule has 0 saturated carbocycles. The summed E-state index contributed by atoms with van der Waals surface area (Å²) in [4.78, 5) is 0.243. The van der Waals surface area contributed by atoms with Crippen molar-refractivity contribution in [2.75, 3.05) is 6.54 Å². The first-order chi connectivity index (χ1) is 8.01. The summed E-state index contributed by atoms with van der Waals surface area (Å²) >= 11 is 0. The highest BCUT2D eigenvalue weighted by Crippen LogP contribution is 2.16. The fourth-order valence-corrected chi connectivity index (χ4v) is 2.78. The molecule has 0 atom stereocenters. The lowest BCUT2D eigenvalue weighted by molar-refractivity contribution is 0.578. The molecular formula is C12H16N2O2S. The second kappa shape index (κ2) is 5.80. The third kappa shape index (κ3) is 3.55. The van der Waals surface area contributed by atoms with Crippen molar-refractivity contribution in [3.05, 3.63) is 29.3 Å². The molecule has 0 radical (unpaired) electrons. The van der Waals surface area contributed by atoms with Crippen LogP contribution < -0.4 is 4.72 Å². The summed E-state index contributed by atoms with van der Waals surface area (Å²) in [6, 6.07) is 6.55. The molecular weight excluding hydrogens is 236 g/mol. The Morgan fingerprint density at radius 2 is 2.12 bits per heavy atom. The highest BCUT2D eigenvalue weighted by Gasteiger charge is 2.15. The standard InChI is InChI=1S/C12H16N2O2S/c1-3-4-7-14-17(15,16)12-6-5-11(9-13)8-10(12)2/h5-6,8,14H,3-4,7H2,1-2H3. The van der Waals surface area contributed by atoms with Crippen LogP contribution in [-0.4, -0.2) is 15.0 Å². The Labute approximate surface area is 102 Å². The number of nitrogens with zero attached hydrogens (tertiary/aromatic N) is 1. The van der Waals surface area contributed by atoms with E-state index in [1.165, 1.54) is 12.1 Å². The minimum absolute atomic E-state index is 0.243. The lowest BCUT2D eigenvalue weighted by Crippen LogP contribution is -2.25. The first kappa shape index (κ1) is 13.7. The predicted molar refractivity (Wildman–Crippen MR) is 66.0 cm³/mol. The van der Waals surface area contributed by atoms with E-state index in [9.17, 15) is 8.42 Å². The van der Waals surface area contributed by atoms with E-state index < -0.39 is 10.0 Å². The molecule has 4 nitrogen and oxygen atoms in total. The van der Waals surface area contributed by atoms with Gasteiger partial charge in [-0.15, -0.1) is 0 Å². The van der Waals surface area contributed by atoms with Crippen LogP contribution in [0.25, 0.3) is 0 Å². The van der Waals surface area contributed by atoms with Crippen LogP contribution in [-0.2, 0) is 10.0 Å². The van der Waals surface area contributed by atoms with Crippen LogP contribution in [0, 0.1) is 18.3 Å². The molecule has 0 unspecified atom stereocenters. The molecule has 0 spiro atoms. The van der Waals surface area contributed by atoms with Crippen LogP contribution in [0.2, 0.25) is 0 Å². The lowest BCUT2D eigenvalue weighted by atomic mass is 10.2. The normalized spacial score (nSPS) is 11.1. The third-order valence-electron chi connectivity index (χ3n) is 2.42. The quantitative estimate of drug-likeness (QED) is 0.814. The Morgan fingerprint density at radius 3 is 2.65 bits per heavy atom. The second-order valence-electron chi connectivity index (χ2n) is 3.84. The summed E-state index contributed by atoms with van der Waals surface area (Å²) in [5, 5.41) is 8.71. The van der Waals surface area contributed by atoms with Gasteiger partial charge in [-0.2, -0.15) is 5.26 Å². The van der Waals surface area contributed by atoms with Gasteiger partial charge in [0.25, 0.3) is 0 Å². The van der Waals surface area contributed by atoms with E-state index in [1.54, 1.807) is 13.0 Å². The van der Waals surface area contributed by atoms with Gasteiger partial charge in [0.05, 0.1) is 16.5 Å². The topological polar surface area (TPSA) is 70.0 Å². The number of aryl methyl sites for hydroxylation is 1. The highest BCUT2D eigenvalue weighted by atomic mass is 32.2. The molecule has 1 rings (SSSR count). The maximum absolute atomic E-state index is 11.9. The van der Waals surface area contributed by atoms with Crippen LogP contribution >= 0.6 is 0 Å². The zero-order valence-electron chi connectivity index (χ0n) is 10.0. The van der Waals surface area contributed by atoms with Crippen molar-refractivity contribution in [3.63, 3.8) is 0 Å². The van der Waals surface area contributed by atoms with E-state index in [-0.39, 0.29) is 4.90 Å². The Bertz CT molecular complexity index is 530. The molecule has 0 saturated heterocycles. The summed E-state index contributed by atoms with van der Waals surface area (Å²) < 4.78 is 26.4. The van der Waals surface area contributed by atoms with Gasteiger partial charge in [-0.1, -0.05) is 13.3 Å². The monoisotopic (exact) mass is 252 g/mol. The molecule has 1 aromatic carbocycles. The Balaban J connectivity index is 2.96. The van der Waals surface area contributed by atoms with Gasteiger partial charge in [0.1, 0.15) is 0 Å². The maximum atomic E-state index is 11.9. The molecule has 0 aromatic heterocycles. The van der Waals surface area contributed by atoms with Crippen molar-refractivity contribution in [3.8, 4) is 6.07 Å². The molecule has 1 aromatic rings. The molecule has 0 bridgehead atoms. The van der Waals surface area contributed by atoms with Gasteiger partial charge in [0, 0.05) is 6.54 Å². The van der Waals surface area contributed by atoms with Gasteiger partial charge in [0.15, 0.2) is 0 Å². The van der Waals surface area contributed by atoms with Crippen molar-refractivity contribution in [1.82, 2.24) is 4.72 Å².